The monoisotopic (exact) mass is 356 g/mol. The van der Waals surface area contributed by atoms with E-state index in [-0.39, 0.29) is 5.82 Å². The smallest absolute Gasteiger partial charge is 0.125 e. The number of halogens is 2. The fourth-order valence-electron chi connectivity index (χ4n) is 2.20. The Kier molecular flexibility index (Phi) is 3.13. The molecule has 0 aliphatic heterocycles. The molecule has 2 nitrogen and oxygen atoms in total. The summed E-state index contributed by atoms with van der Waals surface area (Å²) in [6.07, 6.45) is 2.45. The summed E-state index contributed by atoms with van der Waals surface area (Å²) in [6, 6.07) is 5.19. The van der Waals surface area contributed by atoms with E-state index in [9.17, 15) is 4.39 Å². The minimum absolute atomic E-state index is 0.202. The first kappa shape index (κ1) is 12.1. The number of pyridine rings is 1. The SMILES string of the molecule is CCNc1cc(C2CC2)nc2c(I)cc(F)cc12. The Morgan fingerprint density at radius 1 is 1.39 bits per heavy atom. The van der Waals surface area contributed by atoms with Crippen molar-refractivity contribution in [3.8, 4) is 0 Å². The summed E-state index contributed by atoms with van der Waals surface area (Å²) in [7, 11) is 0. The van der Waals surface area contributed by atoms with E-state index in [1.807, 2.05) is 6.92 Å². The van der Waals surface area contributed by atoms with Crippen LogP contribution in [0.3, 0.4) is 0 Å². The number of nitrogens with zero attached hydrogens (tertiary/aromatic N) is 1. The van der Waals surface area contributed by atoms with E-state index in [1.54, 1.807) is 12.1 Å². The Hall–Kier alpha value is -0.910. The zero-order chi connectivity index (χ0) is 12.7. The van der Waals surface area contributed by atoms with Crippen LogP contribution in [-0.2, 0) is 0 Å². The maximum absolute atomic E-state index is 13.5. The molecule has 0 radical (unpaired) electrons. The lowest BCUT2D eigenvalue weighted by atomic mass is 10.1. The number of hydrogen-bond donors (Lipinski definition) is 1. The first-order chi connectivity index (χ1) is 8.69. The van der Waals surface area contributed by atoms with E-state index in [0.717, 1.165) is 32.4 Å². The second-order valence-electron chi connectivity index (χ2n) is 4.68. The van der Waals surface area contributed by atoms with Gasteiger partial charge in [-0.05, 0) is 60.6 Å². The lowest BCUT2D eigenvalue weighted by Crippen LogP contribution is -2.01. The molecule has 4 heteroatoms. The van der Waals surface area contributed by atoms with Crippen molar-refractivity contribution >= 4 is 39.2 Å². The molecule has 1 aliphatic rings. The van der Waals surface area contributed by atoms with Gasteiger partial charge in [-0.25, -0.2) is 4.39 Å². The second kappa shape index (κ2) is 4.64. The van der Waals surface area contributed by atoms with E-state index >= 15 is 0 Å². The zero-order valence-corrected chi connectivity index (χ0v) is 12.3. The van der Waals surface area contributed by atoms with Crippen molar-refractivity contribution in [2.24, 2.45) is 0 Å². The molecular weight excluding hydrogens is 342 g/mol. The van der Waals surface area contributed by atoms with Gasteiger partial charge in [-0.15, -0.1) is 0 Å². The van der Waals surface area contributed by atoms with Crippen LogP contribution in [0, 0.1) is 9.39 Å². The van der Waals surface area contributed by atoms with Crippen molar-refractivity contribution in [2.75, 3.05) is 11.9 Å². The van der Waals surface area contributed by atoms with Crippen molar-refractivity contribution in [1.82, 2.24) is 4.98 Å². The molecule has 1 fully saturated rings. The van der Waals surface area contributed by atoms with Crippen LogP contribution in [-0.4, -0.2) is 11.5 Å². The predicted octanol–water partition coefficient (Wildman–Crippen LogP) is 4.29. The maximum atomic E-state index is 13.5. The highest BCUT2D eigenvalue weighted by molar-refractivity contribution is 14.1. The van der Waals surface area contributed by atoms with Gasteiger partial charge in [-0.1, -0.05) is 0 Å². The Morgan fingerprint density at radius 2 is 2.17 bits per heavy atom. The molecule has 1 saturated carbocycles. The predicted molar refractivity (Wildman–Crippen MR) is 80.6 cm³/mol. The number of fused-ring (bicyclic) bond motifs is 1. The van der Waals surface area contributed by atoms with Crippen LogP contribution in [0.4, 0.5) is 10.1 Å². The van der Waals surface area contributed by atoms with Gasteiger partial charge < -0.3 is 5.32 Å². The number of rotatable bonds is 3. The minimum atomic E-state index is -0.202. The van der Waals surface area contributed by atoms with Crippen LogP contribution in [0.25, 0.3) is 10.9 Å². The maximum Gasteiger partial charge on any atom is 0.125 e. The van der Waals surface area contributed by atoms with Crippen molar-refractivity contribution in [1.29, 1.82) is 0 Å². The van der Waals surface area contributed by atoms with Gasteiger partial charge in [0.25, 0.3) is 0 Å². The molecule has 0 spiro atoms. The van der Waals surface area contributed by atoms with Crippen LogP contribution in [0.2, 0.25) is 0 Å². The molecule has 0 amide bonds. The van der Waals surface area contributed by atoms with Gasteiger partial charge >= 0.3 is 0 Å². The van der Waals surface area contributed by atoms with E-state index in [2.05, 4.69) is 34.0 Å². The number of aromatic nitrogens is 1. The average molecular weight is 356 g/mol. The standard InChI is InChI=1S/C14H14FIN2/c1-2-17-13-7-12(8-3-4-8)18-14-10(13)5-9(15)6-11(14)16/h5-8H,2-4H2,1H3,(H,17,18). The van der Waals surface area contributed by atoms with Crippen molar-refractivity contribution in [3.63, 3.8) is 0 Å². The average Bonchev–Trinajstić information content (AvgIpc) is 3.14. The molecule has 1 N–H and O–H groups in total. The molecule has 2 aromatic rings. The summed E-state index contributed by atoms with van der Waals surface area (Å²) in [4.78, 5) is 4.71. The summed E-state index contributed by atoms with van der Waals surface area (Å²) < 4.78 is 14.4. The number of anilines is 1. The van der Waals surface area contributed by atoms with Gasteiger partial charge in [0.2, 0.25) is 0 Å². The normalized spacial score (nSPS) is 15.1. The van der Waals surface area contributed by atoms with Gasteiger partial charge in [0, 0.05) is 32.8 Å². The third-order valence-electron chi connectivity index (χ3n) is 3.21. The summed E-state index contributed by atoms with van der Waals surface area (Å²) in [5, 5.41) is 4.20. The fourth-order valence-corrected chi connectivity index (χ4v) is 2.91. The van der Waals surface area contributed by atoms with E-state index < -0.39 is 0 Å². The Balaban J connectivity index is 2.26. The number of hydrogen-bond acceptors (Lipinski definition) is 2. The fraction of sp³-hybridized carbons (Fsp3) is 0.357. The van der Waals surface area contributed by atoms with Gasteiger partial charge in [0.1, 0.15) is 5.82 Å². The lowest BCUT2D eigenvalue weighted by molar-refractivity contribution is 0.628. The lowest BCUT2D eigenvalue weighted by Gasteiger charge is -2.11. The molecule has 3 rings (SSSR count). The highest BCUT2D eigenvalue weighted by Gasteiger charge is 2.26. The third kappa shape index (κ3) is 2.18. The van der Waals surface area contributed by atoms with Crippen molar-refractivity contribution in [3.05, 3.63) is 33.3 Å². The number of benzene rings is 1. The van der Waals surface area contributed by atoms with Gasteiger partial charge in [0.05, 0.1) is 5.52 Å². The summed E-state index contributed by atoms with van der Waals surface area (Å²) in [5.74, 6) is 0.402. The molecule has 1 heterocycles. The van der Waals surface area contributed by atoms with Gasteiger partial charge in [-0.3, -0.25) is 4.98 Å². The molecule has 1 aromatic carbocycles. The van der Waals surface area contributed by atoms with Crippen LogP contribution < -0.4 is 5.32 Å². The van der Waals surface area contributed by atoms with E-state index in [0.29, 0.717) is 5.92 Å². The highest BCUT2D eigenvalue weighted by Crippen LogP contribution is 2.41. The minimum Gasteiger partial charge on any atom is -0.385 e. The zero-order valence-electron chi connectivity index (χ0n) is 10.1. The van der Waals surface area contributed by atoms with Crippen LogP contribution in [0.5, 0.6) is 0 Å². The molecule has 94 valence electrons. The summed E-state index contributed by atoms with van der Waals surface area (Å²) >= 11 is 2.16. The van der Waals surface area contributed by atoms with Crippen LogP contribution >= 0.6 is 22.6 Å². The summed E-state index contributed by atoms with van der Waals surface area (Å²) in [6.45, 7) is 2.88. The van der Waals surface area contributed by atoms with E-state index in [4.69, 9.17) is 4.98 Å². The Labute approximate surface area is 119 Å². The van der Waals surface area contributed by atoms with Crippen LogP contribution in [0.15, 0.2) is 18.2 Å². The van der Waals surface area contributed by atoms with Crippen molar-refractivity contribution < 1.29 is 4.39 Å². The molecular formula is C14H14FIN2. The van der Waals surface area contributed by atoms with Gasteiger partial charge in [-0.2, -0.15) is 0 Å². The molecule has 1 aliphatic carbocycles. The molecule has 0 atom stereocenters. The van der Waals surface area contributed by atoms with Crippen molar-refractivity contribution in [2.45, 2.75) is 25.7 Å². The topological polar surface area (TPSA) is 24.9 Å². The third-order valence-corrected chi connectivity index (χ3v) is 4.04. The van der Waals surface area contributed by atoms with Gasteiger partial charge in [0.15, 0.2) is 0 Å². The largest absolute Gasteiger partial charge is 0.385 e. The molecule has 1 aromatic heterocycles. The molecule has 18 heavy (non-hydrogen) atoms. The second-order valence-corrected chi connectivity index (χ2v) is 5.85. The summed E-state index contributed by atoms with van der Waals surface area (Å²) in [5.41, 5.74) is 3.06. The van der Waals surface area contributed by atoms with Crippen LogP contribution in [0.1, 0.15) is 31.4 Å². The number of nitrogens with one attached hydrogen (secondary N) is 1. The van der Waals surface area contributed by atoms with E-state index in [1.165, 1.54) is 12.8 Å². The Bertz CT molecular complexity index is 608. The highest BCUT2D eigenvalue weighted by atomic mass is 127. The Morgan fingerprint density at radius 3 is 2.83 bits per heavy atom. The molecule has 0 saturated heterocycles. The first-order valence-electron chi connectivity index (χ1n) is 6.22. The molecule has 0 bridgehead atoms. The quantitative estimate of drug-likeness (QED) is 0.830. The molecule has 0 unspecified atom stereocenters. The first-order valence-corrected chi connectivity index (χ1v) is 7.30.